The number of aliphatic imine (C=N–C) groups is 1. The van der Waals surface area contributed by atoms with Gasteiger partial charge in [0.2, 0.25) is 0 Å². The summed E-state index contributed by atoms with van der Waals surface area (Å²) in [4.78, 5) is 5.40. The number of nitrogens with zero attached hydrogens (tertiary/aromatic N) is 2. The third-order valence-corrected chi connectivity index (χ3v) is 11.3. The molecule has 0 aliphatic rings. The van der Waals surface area contributed by atoms with Crippen LogP contribution in [0.4, 0.5) is 0 Å². The molecular weight excluding hydrogens is 689 g/mol. The summed E-state index contributed by atoms with van der Waals surface area (Å²) >= 11 is 0. The van der Waals surface area contributed by atoms with Gasteiger partial charge < -0.3 is 0 Å². The minimum atomic E-state index is 0.912. The van der Waals surface area contributed by atoms with Gasteiger partial charge in [-0.2, -0.15) is 0 Å². The Balaban J connectivity index is 1.08. The molecule has 0 saturated heterocycles. The van der Waals surface area contributed by atoms with Crippen LogP contribution in [-0.2, 0) is 0 Å². The van der Waals surface area contributed by atoms with E-state index in [1.165, 1.54) is 70.9 Å². The molecule has 0 amide bonds. The second kappa shape index (κ2) is 14.4. The van der Waals surface area contributed by atoms with Gasteiger partial charge >= 0.3 is 0 Å². The van der Waals surface area contributed by atoms with Crippen LogP contribution in [0.3, 0.4) is 0 Å². The van der Waals surface area contributed by atoms with Crippen LogP contribution in [0.5, 0.6) is 0 Å². The molecule has 0 aliphatic carbocycles. The van der Waals surface area contributed by atoms with Crippen molar-refractivity contribution < 1.29 is 0 Å². The fourth-order valence-corrected chi connectivity index (χ4v) is 8.52. The summed E-state index contributed by atoms with van der Waals surface area (Å²) in [7, 11) is 0. The average molecular weight is 729 g/mol. The topological polar surface area (TPSA) is 17.3 Å². The maximum absolute atomic E-state index is 5.40. The van der Waals surface area contributed by atoms with Crippen molar-refractivity contribution >= 4 is 71.2 Å². The third-order valence-electron chi connectivity index (χ3n) is 11.3. The van der Waals surface area contributed by atoms with Gasteiger partial charge in [-0.15, -0.1) is 0 Å². The summed E-state index contributed by atoms with van der Waals surface area (Å²) in [5.41, 5.74) is 11.5. The summed E-state index contributed by atoms with van der Waals surface area (Å²) in [6.07, 6.45) is 4.36. The zero-order valence-corrected chi connectivity index (χ0v) is 32.0. The number of allylic oxidation sites excluding steroid dienone is 3. The molecule has 0 fully saturated rings. The molecule has 270 valence electrons. The van der Waals surface area contributed by atoms with Gasteiger partial charge in [-0.05, 0) is 116 Å². The van der Waals surface area contributed by atoms with E-state index >= 15 is 0 Å². The highest BCUT2D eigenvalue weighted by atomic mass is 15.1. The molecule has 0 atom stereocenters. The predicted molar refractivity (Wildman–Crippen MR) is 246 cm³/mol. The van der Waals surface area contributed by atoms with Crippen LogP contribution in [-0.4, -0.2) is 10.4 Å². The fourth-order valence-electron chi connectivity index (χ4n) is 8.52. The number of rotatable bonds is 6. The molecule has 0 saturated carbocycles. The van der Waals surface area contributed by atoms with E-state index in [0.29, 0.717) is 0 Å². The molecule has 9 aromatic carbocycles. The first-order valence-electron chi connectivity index (χ1n) is 19.7. The van der Waals surface area contributed by atoms with Crippen LogP contribution in [0.2, 0.25) is 0 Å². The smallest absolute Gasteiger partial charge is 0.111 e. The Bertz CT molecular complexity index is 3230. The van der Waals surface area contributed by atoms with Crippen molar-refractivity contribution in [3.05, 3.63) is 217 Å². The van der Waals surface area contributed by atoms with Crippen LogP contribution in [0.25, 0.3) is 87.6 Å². The van der Waals surface area contributed by atoms with Crippen LogP contribution in [0.1, 0.15) is 25.0 Å². The minimum absolute atomic E-state index is 0.912. The van der Waals surface area contributed by atoms with E-state index in [-0.39, 0.29) is 0 Å². The summed E-state index contributed by atoms with van der Waals surface area (Å²) < 4.78 is 2.32. The lowest BCUT2D eigenvalue weighted by atomic mass is 9.94. The standard InChI is InChI=1S/C55H40N2/c1-3-38(39-15-6-4-7-16-39)36-52(42-18-8-5-9-19-42)56-37(2)57-53-24-13-12-22-51(53)55-50-31-29-44(33-46(50)30-32-54(55)57)43-27-25-40-26-28-45(35-47(40)34-43)49-23-14-20-41-17-10-11-21-48(41)49/h3-36H,1-2H3/b38-3-,52-36-,56-37?. The van der Waals surface area contributed by atoms with Gasteiger partial charge in [0.1, 0.15) is 5.84 Å². The zero-order valence-electron chi connectivity index (χ0n) is 32.0. The van der Waals surface area contributed by atoms with Crippen molar-refractivity contribution in [1.82, 2.24) is 4.57 Å². The maximum atomic E-state index is 5.40. The summed E-state index contributed by atoms with van der Waals surface area (Å²) in [5, 5.41) is 9.92. The molecule has 2 nitrogen and oxygen atoms in total. The van der Waals surface area contributed by atoms with Gasteiger partial charge in [0.05, 0.1) is 16.7 Å². The summed E-state index contributed by atoms with van der Waals surface area (Å²) in [6.45, 7) is 4.21. The SMILES string of the molecule is C/C=C(/C=C(\N=C(C)n1c2ccccc2c2c3ccc(-c4ccc5ccc(-c6cccc7ccccc67)cc5c4)cc3ccc21)c1ccccc1)c1ccccc1. The summed E-state index contributed by atoms with van der Waals surface area (Å²) in [5.74, 6) is 0.912. The quantitative estimate of drug-likeness (QED) is 0.0921. The Kier molecular flexibility index (Phi) is 8.65. The minimum Gasteiger partial charge on any atom is -0.297 e. The van der Waals surface area contributed by atoms with E-state index in [0.717, 1.165) is 33.7 Å². The van der Waals surface area contributed by atoms with E-state index in [1.807, 2.05) is 0 Å². The van der Waals surface area contributed by atoms with Crippen molar-refractivity contribution in [2.24, 2.45) is 4.99 Å². The Hall–Kier alpha value is -7.29. The van der Waals surface area contributed by atoms with E-state index in [4.69, 9.17) is 4.99 Å². The van der Waals surface area contributed by atoms with Gasteiger partial charge in [-0.25, -0.2) is 4.99 Å². The highest BCUT2D eigenvalue weighted by molar-refractivity contribution is 6.24. The van der Waals surface area contributed by atoms with Gasteiger partial charge in [0.25, 0.3) is 0 Å². The van der Waals surface area contributed by atoms with Crippen LogP contribution in [0.15, 0.2) is 211 Å². The molecule has 1 heterocycles. The molecule has 0 N–H and O–H groups in total. The number of para-hydroxylation sites is 1. The molecular formula is C55H40N2. The average Bonchev–Trinajstić information content (AvgIpc) is 3.62. The van der Waals surface area contributed by atoms with Gasteiger partial charge in [0, 0.05) is 16.3 Å². The Morgan fingerprint density at radius 1 is 0.456 bits per heavy atom. The van der Waals surface area contributed by atoms with Crippen LogP contribution >= 0.6 is 0 Å². The molecule has 0 aliphatic heterocycles. The second-order valence-corrected chi connectivity index (χ2v) is 14.7. The number of hydrogen-bond acceptors (Lipinski definition) is 1. The molecule has 2 heteroatoms. The van der Waals surface area contributed by atoms with E-state index in [9.17, 15) is 0 Å². The van der Waals surface area contributed by atoms with Gasteiger partial charge in [-0.1, -0.05) is 170 Å². The molecule has 0 bridgehead atoms. The number of benzene rings is 9. The number of hydrogen-bond donors (Lipinski definition) is 0. The number of fused-ring (bicyclic) bond motifs is 7. The van der Waals surface area contributed by atoms with Gasteiger partial charge in [-0.3, -0.25) is 4.57 Å². The van der Waals surface area contributed by atoms with Crippen molar-refractivity contribution in [2.45, 2.75) is 13.8 Å². The summed E-state index contributed by atoms with van der Waals surface area (Å²) in [6, 6.07) is 70.1. The number of aromatic nitrogens is 1. The zero-order chi connectivity index (χ0) is 38.3. The Morgan fingerprint density at radius 2 is 1.07 bits per heavy atom. The first-order valence-corrected chi connectivity index (χ1v) is 19.7. The lowest BCUT2D eigenvalue weighted by Gasteiger charge is -2.12. The molecule has 1 aromatic heterocycles. The Morgan fingerprint density at radius 3 is 1.86 bits per heavy atom. The lowest BCUT2D eigenvalue weighted by molar-refractivity contribution is 1.24. The first kappa shape index (κ1) is 34.2. The van der Waals surface area contributed by atoms with Crippen molar-refractivity contribution in [3.63, 3.8) is 0 Å². The van der Waals surface area contributed by atoms with Crippen molar-refractivity contribution in [1.29, 1.82) is 0 Å². The molecule has 10 aromatic rings. The fraction of sp³-hybridized carbons (Fsp3) is 0.0364. The molecule has 57 heavy (non-hydrogen) atoms. The maximum Gasteiger partial charge on any atom is 0.111 e. The van der Waals surface area contributed by atoms with E-state index < -0.39 is 0 Å². The van der Waals surface area contributed by atoms with E-state index in [2.05, 4.69) is 225 Å². The van der Waals surface area contributed by atoms with Crippen LogP contribution < -0.4 is 0 Å². The lowest BCUT2D eigenvalue weighted by Crippen LogP contribution is -2.07. The predicted octanol–water partition coefficient (Wildman–Crippen LogP) is 15.0. The Labute approximate surface area is 333 Å². The van der Waals surface area contributed by atoms with Gasteiger partial charge in [0.15, 0.2) is 0 Å². The van der Waals surface area contributed by atoms with E-state index in [1.54, 1.807) is 0 Å². The van der Waals surface area contributed by atoms with Crippen molar-refractivity contribution in [3.8, 4) is 22.3 Å². The first-order chi connectivity index (χ1) is 28.1. The molecule has 0 unspecified atom stereocenters. The largest absolute Gasteiger partial charge is 0.297 e. The van der Waals surface area contributed by atoms with Crippen molar-refractivity contribution in [2.75, 3.05) is 0 Å². The molecule has 0 radical (unpaired) electrons. The monoisotopic (exact) mass is 728 g/mol. The van der Waals surface area contributed by atoms with Crippen LogP contribution in [0, 0.1) is 0 Å². The normalized spacial score (nSPS) is 12.7. The second-order valence-electron chi connectivity index (χ2n) is 14.7. The highest BCUT2D eigenvalue weighted by Gasteiger charge is 2.16. The molecule has 0 spiro atoms. The third kappa shape index (κ3) is 6.22. The highest BCUT2D eigenvalue weighted by Crippen LogP contribution is 2.38. The molecule has 10 rings (SSSR count).